The van der Waals surface area contributed by atoms with E-state index in [2.05, 4.69) is 10.3 Å². The summed E-state index contributed by atoms with van der Waals surface area (Å²) in [5, 5.41) is 26.4. The van der Waals surface area contributed by atoms with Gasteiger partial charge in [0.2, 0.25) is 0 Å². The summed E-state index contributed by atoms with van der Waals surface area (Å²) in [4.78, 5) is 16.2. The molecule has 0 saturated heterocycles. The summed E-state index contributed by atoms with van der Waals surface area (Å²) in [6.07, 6.45) is 9.37. The van der Waals surface area contributed by atoms with Gasteiger partial charge in [-0.1, -0.05) is 12.8 Å². The summed E-state index contributed by atoms with van der Waals surface area (Å²) in [5.41, 5.74) is 7.40. The molecule has 5 N–H and O–H groups in total. The average Bonchev–Trinajstić information content (AvgIpc) is 3.55. The number of hydrogen-bond acceptors (Lipinski definition) is 7. The largest absolute Gasteiger partial charge is 0.507 e. The Morgan fingerprint density at radius 1 is 1.20 bits per heavy atom. The Morgan fingerprint density at radius 3 is 2.69 bits per heavy atom. The topological polar surface area (TPSA) is 131 Å². The number of pyridine rings is 1. The van der Waals surface area contributed by atoms with Gasteiger partial charge in [0, 0.05) is 47.2 Å². The summed E-state index contributed by atoms with van der Waals surface area (Å²) in [6, 6.07) is 8.57. The predicted octanol–water partition coefficient (Wildman–Crippen LogP) is 4.59. The molecule has 0 bridgehead atoms. The summed E-state index contributed by atoms with van der Waals surface area (Å²) >= 11 is 0. The summed E-state index contributed by atoms with van der Waals surface area (Å²) in [6.45, 7) is 1.47. The van der Waals surface area contributed by atoms with E-state index < -0.39 is 12.0 Å². The third-order valence-corrected chi connectivity index (χ3v) is 6.82. The van der Waals surface area contributed by atoms with Crippen molar-refractivity contribution < 1.29 is 24.2 Å². The molecule has 182 valence electrons. The Kier molecular flexibility index (Phi) is 6.57. The minimum Gasteiger partial charge on any atom is -0.507 e. The lowest BCUT2D eigenvalue weighted by Crippen LogP contribution is -2.28. The number of fused-ring (bicyclic) bond motifs is 3. The SMILES string of the molecule is NCCNC(c1ccncc1)c1c(O)c2cc(OCC3CCCC3)ccc2c2occ(C(=O)O)c12. The number of aromatic nitrogens is 1. The number of aromatic carboxylic acids is 1. The van der Waals surface area contributed by atoms with Crippen LogP contribution < -0.4 is 15.8 Å². The second-order valence-electron chi connectivity index (χ2n) is 9.05. The molecule has 0 spiro atoms. The summed E-state index contributed by atoms with van der Waals surface area (Å²) in [5.74, 6) is 0.0593. The normalized spacial score (nSPS) is 15.1. The van der Waals surface area contributed by atoms with Crippen molar-refractivity contribution in [2.75, 3.05) is 19.7 Å². The molecule has 0 radical (unpaired) electrons. The number of furan rings is 1. The highest BCUT2D eigenvalue weighted by Gasteiger charge is 2.29. The quantitative estimate of drug-likeness (QED) is 0.276. The van der Waals surface area contributed by atoms with Gasteiger partial charge in [0.1, 0.15) is 28.9 Å². The van der Waals surface area contributed by atoms with Gasteiger partial charge in [0.05, 0.1) is 12.6 Å². The van der Waals surface area contributed by atoms with Gasteiger partial charge in [-0.2, -0.15) is 0 Å². The van der Waals surface area contributed by atoms with Gasteiger partial charge < -0.3 is 30.4 Å². The highest BCUT2D eigenvalue weighted by molar-refractivity contribution is 6.16. The monoisotopic (exact) mass is 475 g/mol. The van der Waals surface area contributed by atoms with Gasteiger partial charge in [-0.25, -0.2) is 4.79 Å². The lowest BCUT2D eigenvalue weighted by molar-refractivity contribution is 0.0698. The van der Waals surface area contributed by atoms with Crippen LogP contribution in [0, 0.1) is 5.92 Å². The van der Waals surface area contributed by atoms with Crippen LogP contribution in [-0.4, -0.2) is 40.9 Å². The molecule has 2 aromatic carbocycles. The van der Waals surface area contributed by atoms with Crippen LogP contribution in [0.2, 0.25) is 0 Å². The number of nitrogens with zero attached hydrogens (tertiary/aromatic N) is 1. The van der Waals surface area contributed by atoms with E-state index in [0.29, 0.717) is 58.7 Å². The van der Waals surface area contributed by atoms with Crippen molar-refractivity contribution in [1.82, 2.24) is 10.3 Å². The Morgan fingerprint density at radius 2 is 1.97 bits per heavy atom. The van der Waals surface area contributed by atoms with Crippen LogP contribution in [0.1, 0.15) is 53.2 Å². The number of nitrogens with one attached hydrogen (secondary N) is 1. The first kappa shape index (κ1) is 23.1. The first-order valence-corrected chi connectivity index (χ1v) is 12.0. The van der Waals surface area contributed by atoms with E-state index in [1.165, 1.54) is 31.9 Å². The standard InChI is InChI=1S/C27H29N3O5/c28-9-12-30-24(17-7-10-29-11-8-17)23-22-21(27(32)33)15-35-26(22)19-6-5-18(13-20(19)25(23)31)34-14-16-3-1-2-4-16/h5-8,10-11,13,15-16,24,30-31H,1-4,9,12,14,28H2,(H,32,33). The fourth-order valence-corrected chi connectivity index (χ4v) is 5.09. The van der Waals surface area contributed by atoms with Crippen LogP contribution in [0.4, 0.5) is 0 Å². The maximum atomic E-state index is 12.1. The van der Waals surface area contributed by atoms with E-state index in [0.717, 1.165) is 5.56 Å². The van der Waals surface area contributed by atoms with Crippen LogP contribution >= 0.6 is 0 Å². The van der Waals surface area contributed by atoms with Crippen molar-refractivity contribution in [3.8, 4) is 11.5 Å². The number of carboxylic acids is 1. The maximum Gasteiger partial charge on any atom is 0.339 e. The molecule has 4 aromatic rings. The lowest BCUT2D eigenvalue weighted by atomic mass is 9.90. The van der Waals surface area contributed by atoms with E-state index in [4.69, 9.17) is 14.9 Å². The molecule has 8 nitrogen and oxygen atoms in total. The molecular weight excluding hydrogens is 446 g/mol. The van der Waals surface area contributed by atoms with Gasteiger partial charge in [-0.3, -0.25) is 4.98 Å². The zero-order valence-corrected chi connectivity index (χ0v) is 19.4. The van der Waals surface area contributed by atoms with Crippen LogP contribution in [-0.2, 0) is 0 Å². The minimum absolute atomic E-state index is 0.0117. The molecule has 0 amide bonds. The number of benzene rings is 2. The zero-order valence-electron chi connectivity index (χ0n) is 19.4. The van der Waals surface area contributed by atoms with E-state index in [-0.39, 0.29) is 11.3 Å². The molecule has 2 aromatic heterocycles. The van der Waals surface area contributed by atoms with E-state index >= 15 is 0 Å². The van der Waals surface area contributed by atoms with E-state index in [1.807, 2.05) is 24.3 Å². The lowest BCUT2D eigenvalue weighted by Gasteiger charge is -2.23. The van der Waals surface area contributed by atoms with Crippen LogP contribution in [0.25, 0.3) is 21.7 Å². The Balaban J connectivity index is 1.70. The maximum absolute atomic E-state index is 12.1. The van der Waals surface area contributed by atoms with Gasteiger partial charge in [-0.15, -0.1) is 0 Å². The van der Waals surface area contributed by atoms with Crippen molar-refractivity contribution in [3.63, 3.8) is 0 Å². The Hall–Kier alpha value is -3.62. The summed E-state index contributed by atoms with van der Waals surface area (Å²) in [7, 11) is 0. The number of phenolic OH excluding ortho intramolecular Hbond substituents is 1. The van der Waals surface area contributed by atoms with Gasteiger partial charge in [-0.05, 0) is 54.7 Å². The van der Waals surface area contributed by atoms with Gasteiger partial charge in [0.25, 0.3) is 0 Å². The average molecular weight is 476 g/mol. The summed E-state index contributed by atoms with van der Waals surface area (Å²) < 4.78 is 11.9. The number of hydrogen-bond donors (Lipinski definition) is 4. The molecule has 8 heteroatoms. The molecule has 5 rings (SSSR count). The Labute approximate surface area is 202 Å². The highest BCUT2D eigenvalue weighted by atomic mass is 16.5. The predicted molar refractivity (Wildman–Crippen MR) is 133 cm³/mol. The smallest absolute Gasteiger partial charge is 0.339 e. The third kappa shape index (κ3) is 4.42. The van der Waals surface area contributed by atoms with Crippen LogP contribution in [0.5, 0.6) is 11.5 Å². The van der Waals surface area contributed by atoms with Gasteiger partial charge in [0.15, 0.2) is 0 Å². The van der Waals surface area contributed by atoms with E-state index in [1.54, 1.807) is 18.5 Å². The number of rotatable bonds is 9. The number of aromatic hydroxyl groups is 1. The fourth-order valence-electron chi connectivity index (χ4n) is 5.09. The molecule has 1 unspecified atom stereocenters. The van der Waals surface area contributed by atoms with Crippen LogP contribution in [0.3, 0.4) is 0 Å². The van der Waals surface area contributed by atoms with Crippen molar-refractivity contribution in [2.45, 2.75) is 31.7 Å². The zero-order chi connectivity index (χ0) is 24.4. The Bertz CT molecular complexity index is 1350. The first-order valence-electron chi connectivity index (χ1n) is 12.0. The van der Waals surface area contributed by atoms with E-state index in [9.17, 15) is 15.0 Å². The number of nitrogens with two attached hydrogens (primary N) is 1. The third-order valence-electron chi connectivity index (χ3n) is 6.82. The number of carbonyl (C=O) groups is 1. The van der Waals surface area contributed by atoms with Crippen molar-refractivity contribution in [2.24, 2.45) is 11.7 Å². The second-order valence-corrected chi connectivity index (χ2v) is 9.05. The number of ether oxygens (including phenoxy) is 1. The van der Waals surface area contributed by atoms with Crippen molar-refractivity contribution in [1.29, 1.82) is 0 Å². The number of carboxylic acid groups (broad SMARTS) is 1. The molecule has 35 heavy (non-hydrogen) atoms. The molecule has 1 aliphatic carbocycles. The number of phenols is 1. The van der Waals surface area contributed by atoms with Gasteiger partial charge >= 0.3 is 5.97 Å². The molecule has 1 atom stereocenters. The molecule has 0 aliphatic heterocycles. The first-order chi connectivity index (χ1) is 17.1. The molecule has 1 saturated carbocycles. The van der Waals surface area contributed by atoms with Crippen LogP contribution in [0.15, 0.2) is 53.4 Å². The van der Waals surface area contributed by atoms with Crippen molar-refractivity contribution in [3.05, 3.63) is 65.7 Å². The molecule has 1 fully saturated rings. The second kappa shape index (κ2) is 9.93. The fraction of sp³-hybridized carbons (Fsp3) is 0.333. The van der Waals surface area contributed by atoms with Crippen molar-refractivity contribution >= 4 is 27.7 Å². The molecule has 1 aliphatic rings. The minimum atomic E-state index is -1.13. The molecule has 2 heterocycles. The molecular formula is C27H29N3O5. The highest BCUT2D eigenvalue weighted by Crippen LogP contribution is 2.45.